The summed E-state index contributed by atoms with van der Waals surface area (Å²) in [6.07, 6.45) is 10.4. The number of carbonyl (C=O) groups is 2. The maximum atomic E-state index is 12.9. The van der Waals surface area contributed by atoms with Gasteiger partial charge in [0.2, 0.25) is 0 Å². The SMILES string of the molecule is CC1C(=O)CCC2C1(C)CCC1C2(C)CCC2(C)C3CC(C)(CO)CCC3(C(=O)O)CCC12C. The summed E-state index contributed by atoms with van der Waals surface area (Å²) in [5.41, 5.74) is -0.418. The van der Waals surface area contributed by atoms with E-state index in [4.69, 9.17) is 0 Å². The molecule has 5 aliphatic rings. The van der Waals surface area contributed by atoms with Crippen molar-refractivity contribution in [3.05, 3.63) is 0 Å². The Morgan fingerprint density at radius 3 is 2.09 bits per heavy atom. The smallest absolute Gasteiger partial charge is 0.309 e. The van der Waals surface area contributed by atoms with Gasteiger partial charge in [-0.2, -0.15) is 0 Å². The number of aliphatic carboxylic acids is 1. The number of carbonyl (C=O) groups excluding carboxylic acids is 1. The number of Topliss-reactive ketones (excluding diaryl/α,β-unsaturated/α-hetero) is 1. The van der Waals surface area contributed by atoms with Crippen molar-refractivity contribution < 1.29 is 19.8 Å². The second-order valence-electron chi connectivity index (χ2n) is 14.9. The van der Waals surface area contributed by atoms with Crippen molar-refractivity contribution in [2.45, 2.75) is 112 Å². The van der Waals surface area contributed by atoms with Crippen LogP contribution in [0.2, 0.25) is 0 Å². The molecule has 0 amide bonds. The number of hydrogen-bond donors (Lipinski definition) is 2. The predicted octanol–water partition coefficient (Wildman–Crippen LogP) is 6.49. The molecular weight excluding hydrogens is 424 g/mol. The number of rotatable bonds is 2. The zero-order valence-electron chi connectivity index (χ0n) is 22.5. The second kappa shape index (κ2) is 7.33. The minimum absolute atomic E-state index is 0.0332. The highest BCUT2D eigenvalue weighted by Crippen LogP contribution is 2.78. The summed E-state index contributed by atoms with van der Waals surface area (Å²) < 4.78 is 0. The Hall–Kier alpha value is -0.900. The number of fused-ring (bicyclic) bond motifs is 7. The number of hydrogen-bond acceptors (Lipinski definition) is 3. The van der Waals surface area contributed by atoms with Gasteiger partial charge in [0.05, 0.1) is 5.41 Å². The summed E-state index contributed by atoms with van der Waals surface area (Å²) in [4.78, 5) is 25.6. The van der Waals surface area contributed by atoms with Crippen LogP contribution in [0.1, 0.15) is 112 Å². The van der Waals surface area contributed by atoms with Crippen LogP contribution in [0.3, 0.4) is 0 Å². The zero-order chi connectivity index (χ0) is 24.9. The van der Waals surface area contributed by atoms with Crippen LogP contribution in [0.25, 0.3) is 0 Å². The molecule has 5 rings (SSSR count). The van der Waals surface area contributed by atoms with E-state index in [9.17, 15) is 19.8 Å². The van der Waals surface area contributed by atoms with Gasteiger partial charge < -0.3 is 10.2 Å². The molecule has 10 atom stereocenters. The molecule has 0 saturated heterocycles. The minimum atomic E-state index is -0.633. The van der Waals surface area contributed by atoms with E-state index in [0.717, 1.165) is 64.2 Å². The third kappa shape index (κ3) is 2.81. The predicted molar refractivity (Wildman–Crippen MR) is 133 cm³/mol. The van der Waals surface area contributed by atoms with Crippen molar-refractivity contribution in [1.82, 2.24) is 0 Å². The molecule has 10 unspecified atom stereocenters. The van der Waals surface area contributed by atoms with E-state index in [1.165, 1.54) is 0 Å². The van der Waals surface area contributed by atoms with Crippen molar-refractivity contribution in [1.29, 1.82) is 0 Å². The van der Waals surface area contributed by atoms with E-state index in [0.29, 0.717) is 24.0 Å². The van der Waals surface area contributed by atoms with Gasteiger partial charge in [-0.1, -0.05) is 41.5 Å². The molecule has 0 radical (unpaired) electrons. The summed E-state index contributed by atoms with van der Waals surface area (Å²) in [5, 5.41) is 20.9. The first-order chi connectivity index (χ1) is 15.7. The molecular formula is C30H48O4. The van der Waals surface area contributed by atoms with Crippen LogP contribution in [-0.2, 0) is 9.59 Å². The van der Waals surface area contributed by atoms with E-state index >= 15 is 0 Å². The Bertz CT molecular complexity index is 898. The molecule has 0 aromatic heterocycles. The van der Waals surface area contributed by atoms with Crippen LogP contribution in [0.4, 0.5) is 0 Å². The molecule has 5 aliphatic carbocycles. The number of aliphatic hydroxyl groups is 1. The van der Waals surface area contributed by atoms with E-state index in [1.807, 2.05) is 0 Å². The highest BCUT2D eigenvalue weighted by molar-refractivity contribution is 5.82. The second-order valence-corrected chi connectivity index (χ2v) is 14.9. The van der Waals surface area contributed by atoms with Gasteiger partial charge in [0.1, 0.15) is 5.78 Å². The van der Waals surface area contributed by atoms with Gasteiger partial charge in [0, 0.05) is 18.9 Å². The maximum Gasteiger partial charge on any atom is 0.309 e. The van der Waals surface area contributed by atoms with Gasteiger partial charge in [0.25, 0.3) is 0 Å². The fourth-order valence-electron chi connectivity index (χ4n) is 11.3. The molecule has 5 fully saturated rings. The first kappa shape index (κ1) is 24.8. The average molecular weight is 473 g/mol. The highest BCUT2D eigenvalue weighted by Gasteiger charge is 2.72. The Morgan fingerprint density at radius 1 is 0.824 bits per heavy atom. The number of carboxylic acid groups (broad SMARTS) is 1. The molecule has 192 valence electrons. The summed E-state index contributed by atoms with van der Waals surface area (Å²) in [6, 6.07) is 0. The van der Waals surface area contributed by atoms with Gasteiger partial charge in [-0.05, 0) is 109 Å². The van der Waals surface area contributed by atoms with Crippen LogP contribution < -0.4 is 0 Å². The lowest BCUT2D eigenvalue weighted by Crippen LogP contribution is -2.69. The molecule has 4 heteroatoms. The molecule has 0 heterocycles. The van der Waals surface area contributed by atoms with E-state index in [2.05, 4.69) is 41.5 Å². The zero-order valence-corrected chi connectivity index (χ0v) is 22.5. The van der Waals surface area contributed by atoms with Gasteiger partial charge in [-0.3, -0.25) is 9.59 Å². The minimum Gasteiger partial charge on any atom is -0.481 e. The van der Waals surface area contributed by atoms with Crippen molar-refractivity contribution in [2.24, 2.45) is 56.2 Å². The van der Waals surface area contributed by atoms with E-state index in [1.54, 1.807) is 0 Å². The lowest BCUT2D eigenvalue weighted by molar-refractivity contribution is -0.260. The number of ketones is 1. The maximum absolute atomic E-state index is 12.9. The topological polar surface area (TPSA) is 74.6 Å². The Labute approximate surface area is 206 Å². The largest absolute Gasteiger partial charge is 0.481 e. The third-order valence-electron chi connectivity index (χ3n) is 14.0. The van der Waals surface area contributed by atoms with Gasteiger partial charge in [0.15, 0.2) is 0 Å². The third-order valence-corrected chi connectivity index (χ3v) is 14.0. The van der Waals surface area contributed by atoms with Gasteiger partial charge in [-0.15, -0.1) is 0 Å². The lowest BCUT2D eigenvalue weighted by atomic mass is 9.30. The first-order valence-electron chi connectivity index (χ1n) is 14.1. The van der Waals surface area contributed by atoms with Crippen LogP contribution >= 0.6 is 0 Å². The van der Waals surface area contributed by atoms with Crippen molar-refractivity contribution in [3.8, 4) is 0 Å². The fraction of sp³-hybridized carbons (Fsp3) is 0.933. The van der Waals surface area contributed by atoms with Crippen LogP contribution in [-0.4, -0.2) is 28.6 Å². The van der Waals surface area contributed by atoms with E-state index < -0.39 is 11.4 Å². The molecule has 5 saturated carbocycles. The summed E-state index contributed by atoms with van der Waals surface area (Å²) in [6.45, 7) is 14.4. The van der Waals surface area contributed by atoms with Crippen LogP contribution in [0.5, 0.6) is 0 Å². The molecule has 0 aromatic carbocycles. The summed E-state index contributed by atoms with van der Waals surface area (Å²) >= 11 is 0. The van der Waals surface area contributed by atoms with Crippen molar-refractivity contribution in [2.75, 3.05) is 6.61 Å². The van der Waals surface area contributed by atoms with Crippen LogP contribution in [0, 0.1) is 56.2 Å². The van der Waals surface area contributed by atoms with Gasteiger partial charge >= 0.3 is 5.97 Å². The standard InChI is InChI=1S/C30H48O4/c1-19-20(32)7-8-21-26(19,3)10-9-22-27(21,4)12-13-29(6)23-17-25(2,18-31)11-15-30(23,24(33)34)16-14-28(22,29)5/h19,21-23,31H,7-18H2,1-6H3,(H,33,34). The fourth-order valence-corrected chi connectivity index (χ4v) is 11.3. The molecule has 0 aliphatic heterocycles. The molecule has 2 N–H and O–H groups in total. The quantitative estimate of drug-likeness (QED) is 0.481. The molecule has 0 spiro atoms. The van der Waals surface area contributed by atoms with E-state index in [-0.39, 0.29) is 45.5 Å². The monoisotopic (exact) mass is 472 g/mol. The lowest BCUT2D eigenvalue weighted by Gasteiger charge is -2.74. The highest BCUT2D eigenvalue weighted by atomic mass is 16.4. The molecule has 0 bridgehead atoms. The Balaban J connectivity index is 1.57. The van der Waals surface area contributed by atoms with Crippen molar-refractivity contribution in [3.63, 3.8) is 0 Å². The first-order valence-corrected chi connectivity index (χ1v) is 14.1. The number of aliphatic hydroxyl groups excluding tert-OH is 1. The van der Waals surface area contributed by atoms with Gasteiger partial charge in [-0.25, -0.2) is 0 Å². The molecule has 0 aromatic rings. The van der Waals surface area contributed by atoms with Crippen molar-refractivity contribution >= 4 is 11.8 Å². The molecule has 34 heavy (non-hydrogen) atoms. The molecule has 4 nitrogen and oxygen atoms in total. The normalized spacial score (nSPS) is 57.1. The Morgan fingerprint density at radius 2 is 1.44 bits per heavy atom. The Kier molecular flexibility index (Phi) is 5.34. The summed E-state index contributed by atoms with van der Waals surface area (Å²) in [7, 11) is 0. The van der Waals surface area contributed by atoms with Crippen LogP contribution in [0.15, 0.2) is 0 Å². The number of carboxylic acids is 1. The average Bonchev–Trinajstić information content (AvgIpc) is 2.78. The summed E-state index contributed by atoms with van der Waals surface area (Å²) in [5.74, 6) is 1.29.